The van der Waals surface area contributed by atoms with Crippen molar-refractivity contribution in [3.8, 4) is 5.69 Å². The van der Waals surface area contributed by atoms with Gasteiger partial charge in [-0.25, -0.2) is 0 Å². The van der Waals surface area contributed by atoms with E-state index in [4.69, 9.17) is 5.73 Å². The number of nitrogens with zero attached hydrogens (tertiary/aromatic N) is 3. The van der Waals surface area contributed by atoms with E-state index in [0.717, 1.165) is 15.7 Å². The minimum Gasteiger partial charge on any atom is -0.382 e. The molecule has 3 aromatic rings. The molecule has 0 saturated heterocycles. The lowest BCUT2D eigenvalue weighted by atomic mass is 10.0. The van der Waals surface area contributed by atoms with Gasteiger partial charge >= 0.3 is 0 Å². The molecule has 1 heterocycles. The third kappa shape index (κ3) is 3.88. The van der Waals surface area contributed by atoms with Gasteiger partial charge in [0.1, 0.15) is 0 Å². The molecular formula is C18H18BrN5O. The Labute approximate surface area is 154 Å². The molecule has 0 fully saturated rings. The maximum absolute atomic E-state index is 12.4. The molecule has 0 aliphatic rings. The minimum atomic E-state index is -0.330. The lowest BCUT2D eigenvalue weighted by Gasteiger charge is -2.12. The third-order valence-electron chi connectivity index (χ3n) is 3.93. The van der Waals surface area contributed by atoms with Gasteiger partial charge in [0.2, 0.25) is 0 Å². The molecule has 0 aliphatic carbocycles. The third-order valence-corrected chi connectivity index (χ3v) is 4.46. The van der Waals surface area contributed by atoms with Crippen molar-refractivity contribution in [3.63, 3.8) is 0 Å². The summed E-state index contributed by atoms with van der Waals surface area (Å²) in [6.45, 7) is 2.55. The standard InChI is InChI=1S/C18H18BrN5O/c1-12(13-5-3-2-4-6-13)11-21-18(25)16-17(20)24(23-22-16)15-9-7-14(19)8-10-15/h2-10,12H,11,20H2,1H3,(H,21,25). The Balaban J connectivity index is 1.70. The Morgan fingerprint density at radius 2 is 1.88 bits per heavy atom. The van der Waals surface area contributed by atoms with Gasteiger partial charge in [0.05, 0.1) is 5.69 Å². The topological polar surface area (TPSA) is 85.8 Å². The summed E-state index contributed by atoms with van der Waals surface area (Å²) in [6, 6.07) is 17.4. The summed E-state index contributed by atoms with van der Waals surface area (Å²) in [6.07, 6.45) is 0. The highest BCUT2D eigenvalue weighted by Crippen LogP contribution is 2.18. The molecule has 1 unspecified atom stereocenters. The fourth-order valence-corrected chi connectivity index (χ4v) is 2.72. The summed E-state index contributed by atoms with van der Waals surface area (Å²) in [5.41, 5.74) is 8.09. The van der Waals surface area contributed by atoms with Gasteiger partial charge in [0, 0.05) is 11.0 Å². The fraction of sp³-hybridized carbons (Fsp3) is 0.167. The zero-order valence-corrected chi connectivity index (χ0v) is 15.3. The first kappa shape index (κ1) is 17.2. The summed E-state index contributed by atoms with van der Waals surface area (Å²) in [5, 5.41) is 10.8. The van der Waals surface area contributed by atoms with Gasteiger partial charge in [-0.3, -0.25) is 4.79 Å². The van der Waals surface area contributed by atoms with Crippen LogP contribution in [0, 0.1) is 0 Å². The van der Waals surface area contributed by atoms with Crippen LogP contribution >= 0.6 is 15.9 Å². The van der Waals surface area contributed by atoms with Gasteiger partial charge in [-0.2, -0.15) is 4.68 Å². The Morgan fingerprint density at radius 1 is 1.20 bits per heavy atom. The van der Waals surface area contributed by atoms with Crippen LogP contribution in [-0.2, 0) is 0 Å². The highest BCUT2D eigenvalue weighted by Gasteiger charge is 2.19. The molecule has 0 spiro atoms. The molecule has 0 radical (unpaired) electrons. The van der Waals surface area contributed by atoms with Crippen molar-refractivity contribution in [3.05, 3.63) is 70.3 Å². The first-order valence-electron chi connectivity index (χ1n) is 7.86. The normalized spacial score (nSPS) is 11.9. The molecule has 2 aromatic carbocycles. The quantitative estimate of drug-likeness (QED) is 0.689. The largest absolute Gasteiger partial charge is 0.382 e. The van der Waals surface area contributed by atoms with E-state index in [1.54, 1.807) is 0 Å². The van der Waals surface area contributed by atoms with E-state index in [-0.39, 0.29) is 23.3 Å². The van der Waals surface area contributed by atoms with Crippen molar-refractivity contribution < 1.29 is 4.79 Å². The summed E-state index contributed by atoms with van der Waals surface area (Å²) >= 11 is 3.38. The van der Waals surface area contributed by atoms with Crippen LogP contribution < -0.4 is 11.1 Å². The van der Waals surface area contributed by atoms with Crippen LogP contribution in [-0.4, -0.2) is 27.4 Å². The van der Waals surface area contributed by atoms with Crippen LogP contribution in [0.15, 0.2) is 59.1 Å². The molecule has 7 heteroatoms. The second-order valence-corrected chi connectivity index (χ2v) is 6.65. The zero-order valence-electron chi connectivity index (χ0n) is 13.7. The van der Waals surface area contributed by atoms with E-state index >= 15 is 0 Å². The second kappa shape index (κ2) is 7.48. The van der Waals surface area contributed by atoms with E-state index < -0.39 is 0 Å². The summed E-state index contributed by atoms with van der Waals surface area (Å²) in [5.74, 6) is 0.0729. The molecule has 3 rings (SSSR count). The number of carbonyl (C=O) groups is 1. The number of nitrogens with two attached hydrogens (primary N) is 1. The molecule has 0 aliphatic heterocycles. The first-order valence-corrected chi connectivity index (χ1v) is 8.66. The predicted molar refractivity (Wildman–Crippen MR) is 101 cm³/mol. The van der Waals surface area contributed by atoms with Gasteiger partial charge < -0.3 is 11.1 Å². The number of rotatable bonds is 5. The van der Waals surface area contributed by atoms with E-state index in [2.05, 4.69) is 38.5 Å². The maximum Gasteiger partial charge on any atom is 0.275 e. The van der Waals surface area contributed by atoms with Gasteiger partial charge in [-0.15, -0.1) is 5.10 Å². The lowest BCUT2D eigenvalue weighted by Crippen LogP contribution is -2.28. The van der Waals surface area contributed by atoms with Crippen molar-refractivity contribution in [1.29, 1.82) is 0 Å². The Hall–Kier alpha value is -2.67. The van der Waals surface area contributed by atoms with Crippen molar-refractivity contribution in [2.75, 3.05) is 12.3 Å². The van der Waals surface area contributed by atoms with E-state index in [0.29, 0.717) is 6.54 Å². The van der Waals surface area contributed by atoms with Crippen molar-refractivity contribution in [2.24, 2.45) is 0 Å². The summed E-state index contributed by atoms with van der Waals surface area (Å²) in [7, 11) is 0. The average Bonchev–Trinajstić information content (AvgIpc) is 3.02. The van der Waals surface area contributed by atoms with Crippen molar-refractivity contribution in [1.82, 2.24) is 20.3 Å². The van der Waals surface area contributed by atoms with Crippen LogP contribution in [0.25, 0.3) is 5.69 Å². The molecule has 25 heavy (non-hydrogen) atoms. The predicted octanol–water partition coefficient (Wildman–Crippen LogP) is 3.15. The molecule has 0 bridgehead atoms. The Kier molecular flexibility index (Phi) is 5.14. The van der Waals surface area contributed by atoms with Crippen LogP contribution in [0.4, 0.5) is 5.82 Å². The lowest BCUT2D eigenvalue weighted by molar-refractivity contribution is 0.0947. The zero-order chi connectivity index (χ0) is 17.8. The van der Waals surface area contributed by atoms with Crippen LogP contribution in [0.2, 0.25) is 0 Å². The summed E-state index contributed by atoms with van der Waals surface area (Å²) < 4.78 is 2.39. The smallest absolute Gasteiger partial charge is 0.275 e. The number of aromatic nitrogens is 3. The highest BCUT2D eigenvalue weighted by molar-refractivity contribution is 9.10. The van der Waals surface area contributed by atoms with Crippen molar-refractivity contribution >= 4 is 27.7 Å². The number of amides is 1. The van der Waals surface area contributed by atoms with Gasteiger partial charge in [0.15, 0.2) is 11.5 Å². The van der Waals surface area contributed by atoms with Crippen LogP contribution in [0.1, 0.15) is 28.9 Å². The first-order chi connectivity index (χ1) is 12.1. The average molecular weight is 400 g/mol. The number of halogens is 1. The number of nitrogen functional groups attached to an aromatic ring is 1. The molecule has 1 amide bonds. The van der Waals surface area contributed by atoms with Crippen LogP contribution in [0.3, 0.4) is 0 Å². The number of benzene rings is 2. The molecule has 0 saturated carbocycles. The Bertz CT molecular complexity index is 861. The Morgan fingerprint density at radius 3 is 2.56 bits per heavy atom. The van der Waals surface area contributed by atoms with Gasteiger partial charge in [-0.05, 0) is 35.7 Å². The number of carbonyl (C=O) groups excluding carboxylic acids is 1. The fourth-order valence-electron chi connectivity index (χ4n) is 2.45. The minimum absolute atomic E-state index is 0.128. The molecule has 1 aromatic heterocycles. The second-order valence-electron chi connectivity index (χ2n) is 5.73. The molecule has 1 atom stereocenters. The van der Waals surface area contributed by atoms with E-state index in [1.165, 1.54) is 4.68 Å². The summed E-state index contributed by atoms with van der Waals surface area (Å²) in [4.78, 5) is 12.4. The van der Waals surface area contributed by atoms with Crippen LogP contribution in [0.5, 0.6) is 0 Å². The van der Waals surface area contributed by atoms with Gasteiger partial charge in [-0.1, -0.05) is 58.4 Å². The molecule has 3 N–H and O–H groups in total. The number of hydrogen-bond acceptors (Lipinski definition) is 4. The number of anilines is 1. The number of nitrogens with one attached hydrogen (secondary N) is 1. The SMILES string of the molecule is CC(CNC(=O)c1nnn(-c2ccc(Br)cc2)c1N)c1ccccc1. The number of hydrogen-bond donors (Lipinski definition) is 2. The molecular weight excluding hydrogens is 382 g/mol. The van der Waals surface area contributed by atoms with E-state index in [9.17, 15) is 4.79 Å². The van der Waals surface area contributed by atoms with Crippen molar-refractivity contribution in [2.45, 2.75) is 12.8 Å². The molecule has 128 valence electrons. The monoisotopic (exact) mass is 399 g/mol. The maximum atomic E-state index is 12.4. The molecule has 6 nitrogen and oxygen atoms in total. The van der Waals surface area contributed by atoms with Gasteiger partial charge in [0.25, 0.3) is 5.91 Å². The highest BCUT2D eigenvalue weighted by atomic mass is 79.9. The van der Waals surface area contributed by atoms with E-state index in [1.807, 2.05) is 54.6 Å².